The molecule has 0 N–H and O–H groups in total. The molecule has 5 heteroatoms. The maximum Gasteiger partial charge on any atom is 0.0838 e. The van der Waals surface area contributed by atoms with E-state index < -0.39 is 0 Å². The van der Waals surface area contributed by atoms with Gasteiger partial charge in [-0.3, -0.25) is 10.0 Å². The third-order valence-corrected chi connectivity index (χ3v) is 2.50. The molecule has 0 bridgehead atoms. The Morgan fingerprint density at radius 2 is 1.94 bits per heavy atom. The lowest BCUT2D eigenvalue weighted by Gasteiger charge is -2.27. The van der Waals surface area contributed by atoms with Crippen LogP contribution >= 0.6 is 0 Å². The normalized spacial score (nSPS) is 15.9. The molecule has 0 aliphatic carbocycles. The van der Waals surface area contributed by atoms with Crippen LogP contribution in [-0.4, -0.2) is 50.1 Å². The van der Waals surface area contributed by atoms with Crippen LogP contribution in [0.3, 0.4) is 0 Å². The van der Waals surface area contributed by atoms with Crippen molar-refractivity contribution in [1.29, 1.82) is 0 Å². The molecule has 0 amide bonds. The maximum absolute atomic E-state index is 5.45. The zero-order valence-electron chi connectivity index (χ0n) is 11.9. The van der Waals surface area contributed by atoms with Crippen LogP contribution in [0, 0.1) is 0 Å². The Kier molecular flexibility index (Phi) is 8.58. The van der Waals surface area contributed by atoms with Gasteiger partial charge in [-0.25, -0.2) is 0 Å². The number of rotatable bonds is 8. The van der Waals surface area contributed by atoms with Crippen molar-refractivity contribution >= 4 is 6.21 Å². The van der Waals surface area contributed by atoms with Crippen molar-refractivity contribution in [2.75, 3.05) is 20.7 Å². The van der Waals surface area contributed by atoms with E-state index in [-0.39, 0.29) is 18.2 Å². The van der Waals surface area contributed by atoms with Crippen molar-refractivity contribution in [1.82, 2.24) is 5.01 Å². The molecule has 0 aliphatic heterocycles. The zero-order valence-corrected chi connectivity index (χ0v) is 11.9. The fourth-order valence-electron chi connectivity index (χ4n) is 1.30. The predicted molar refractivity (Wildman–Crippen MR) is 71.7 cm³/mol. The number of hydrogen-bond donors (Lipinski definition) is 0. The van der Waals surface area contributed by atoms with Gasteiger partial charge in [0.15, 0.2) is 0 Å². The molecule has 0 aromatic heterocycles. The summed E-state index contributed by atoms with van der Waals surface area (Å²) in [5.41, 5.74) is 0. The highest BCUT2D eigenvalue weighted by Gasteiger charge is 2.19. The molecular weight excluding hydrogens is 216 g/mol. The molecule has 0 heterocycles. The minimum absolute atomic E-state index is 0.0846. The van der Waals surface area contributed by atoms with Crippen molar-refractivity contribution in [3.8, 4) is 0 Å². The van der Waals surface area contributed by atoms with E-state index >= 15 is 0 Å². The number of nitrogens with zero attached hydrogens (tertiary/aromatic N) is 4. The van der Waals surface area contributed by atoms with E-state index in [0.717, 1.165) is 13.0 Å². The van der Waals surface area contributed by atoms with Gasteiger partial charge in [0.1, 0.15) is 0 Å². The average molecular weight is 242 g/mol. The van der Waals surface area contributed by atoms with Gasteiger partial charge in [-0.15, -0.1) is 0 Å². The van der Waals surface area contributed by atoms with Crippen LogP contribution in [-0.2, 0) is 4.74 Å². The number of hydrogen-bond acceptors (Lipinski definition) is 4. The topological polar surface area (TPSA) is 49.5 Å². The molecule has 0 rings (SSSR count). The average Bonchev–Trinajstić information content (AvgIpc) is 2.31. The first-order valence-electron chi connectivity index (χ1n) is 6.17. The molecule has 0 radical (unpaired) electrons. The SMILES string of the molecule is CCN=CCC(OC)[C@H](C)N(C)N=NC(C)C. The number of likely N-dealkylation sites (N-methyl/N-ethyl adjacent to an activating group) is 1. The fourth-order valence-corrected chi connectivity index (χ4v) is 1.30. The van der Waals surface area contributed by atoms with Gasteiger partial charge in [0.2, 0.25) is 0 Å². The molecule has 0 aliphatic rings. The highest BCUT2D eigenvalue weighted by atomic mass is 16.5. The maximum atomic E-state index is 5.45. The van der Waals surface area contributed by atoms with Gasteiger partial charge in [-0.2, -0.15) is 5.11 Å². The van der Waals surface area contributed by atoms with Crippen molar-refractivity contribution in [2.45, 2.75) is 52.3 Å². The van der Waals surface area contributed by atoms with Crippen molar-refractivity contribution < 1.29 is 4.74 Å². The smallest absolute Gasteiger partial charge is 0.0838 e. The summed E-state index contributed by atoms with van der Waals surface area (Å²) in [4.78, 5) is 4.20. The first kappa shape index (κ1) is 16.0. The summed E-state index contributed by atoms with van der Waals surface area (Å²) in [7, 11) is 3.63. The lowest BCUT2D eigenvalue weighted by atomic mass is 10.1. The second-order valence-electron chi connectivity index (χ2n) is 4.30. The van der Waals surface area contributed by atoms with Crippen molar-refractivity contribution in [3.63, 3.8) is 0 Å². The Balaban J connectivity index is 4.31. The molecule has 5 nitrogen and oxygen atoms in total. The summed E-state index contributed by atoms with van der Waals surface area (Å²) in [5, 5.41) is 10.1. The van der Waals surface area contributed by atoms with E-state index in [1.165, 1.54) is 0 Å². The Morgan fingerprint density at radius 1 is 1.29 bits per heavy atom. The van der Waals surface area contributed by atoms with Crippen LogP contribution in [0.4, 0.5) is 0 Å². The fraction of sp³-hybridized carbons (Fsp3) is 0.917. The van der Waals surface area contributed by atoms with Gasteiger partial charge < -0.3 is 4.74 Å². The van der Waals surface area contributed by atoms with Gasteiger partial charge in [-0.05, 0) is 27.7 Å². The summed E-state index contributed by atoms with van der Waals surface area (Å²) >= 11 is 0. The van der Waals surface area contributed by atoms with E-state index in [2.05, 4.69) is 22.3 Å². The van der Waals surface area contributed by atoms with Crippen LogP contribution in [0.25, 0.3) is 0 Å². The number of methoxy groups -OCH3 is 1. The van der Waals surface area contributed by atoms with Gasteiger partial charge in [0.05, 0.1) is 18.2 Å². The third kappa shape index (κ3) is 7.05. The van der Waals surface area contributed by atoms with Crippen LogP contribution in [0.1, 0.15) is 34.1 Å². The summed E-state index contributed by atoms with van der Waals surface area (Å²) in [6.07, 6.45) is 2.80. The van der Waals surface area contributed by atoms with Gasteiger partial charge in [0, 0.05) is 33.3 Å². The molecule has 0 spiro atoms. The Hall–Kier alpha value is -0.970. The summed E-state index contributed by atoms with van der Waals surface area (Å²) in [5.74, 6) is 0. The van der Waals surface area contributed by atoms with Gasteiger partial charge in [0.25, 0.3) is 0 Å². The Labute approximate surface area is 105 Å². The summed E-state index contributed by atoms with van der Waals surface area (Å²) in [6.45, 7) is 8.92. The van der Waals surface area contributed by atoms with Crippen LogP contribution in [0.2, 0.25) is 0 Å². The lowest BCUT2D eigenvalue weighted by Crippen LogP contribution is -2.37. The van der Waals surface area contributed by atoms with E-state index in [9.17, 15) is 0 Å². The Morgan fingerprint density at radius 3 is 2.41 bits per heavy atom. The van der Waals surface area contributed by atoms with E-state index in [0.29, 0.717) is 0 Å². The van der Waals surface area contributed by atoms with Crippen molar-refractivity contribution in [2.24, 2.45) is 15.3 Å². The molecule has 0 saturated carbocycles. The number of aliphatic imine (C=N–C) groups is 1. The van der Waals surface area contributed by atoms with Crippen LogP contribution in [0.15, 0.2) is 15.3 Å². The van der Waals surface area contributed by atoms with E-state index in [4.69, 9.17) is 4.74 Å². The standard InChI is InChI=1S/C12H26N4O/c1-7-13-9-8-12(17-6)11(4)16(5)15-14-10(2)3/h9-12H,7-8H2,1-6H3/t11-,12?/m0/s1. The van der Waals surface area contributed by atoms with E-state index in [1.54, 1.807) is 7.11 Å². The second-order valence-corrected chi connectivity index (χ2v) is 4.30. The molecular formula is C12H26N4O. The van der Waals surface area contributed by atoms with Gasteiger partial charge in [-0.1, -0.05) is 5.22 Å². The third-order valence-electron chi connectivity index (χ3n) is 2.50. The first-order valence-corrected chi connectivity index (χ1v) is 6.17. The van der Waals surface area contributed by atoms with Crippen LogP contribution in [0.5, 0.6) is 0 Å². The molecule has 1 unspecified atom stereocenters. The lowest BCUT2D eigenvalue weighted by molar-refractivity contribution is 0.0340. The molecule has 0 aromatic carbocycles. The highest BCUT2D eigenvalue weighted by Crippen LogP contribution is 2.09. The monoisotopic (exact) mass is 242 g/mol. The molecule has 0 saturated heterocycles. The van der Waals surface area contributed by atoms with Gasteiger partial charge >= 0.3 is 0 Å². The molecule has 0 aromatic rings. The first-order chi connectivity index (χ1) is 8.02. The molecule has 0 fully saturated rings. The van der Waals surface area contributed by atoms with Crippen molar-refractivity contribution in [3.05, 3.63) is 0 Å². The minimum Gasteiger partial charge on any atom is -0.379 e. The molecule has 100 valence electrons. The minimum atomic E-state index is 0.0846. The highest BCUT2D eigenvalue weighted by molar-refractivity contribution is 5.57. The Bertz CT molecular complexity index is 241. The largest absolute Gasteiger partial charge is 0.379 e. The molecule has 2 atom stereocenters. The van der Waals surface area contributed by atoms with Crippen LogP contribution < -0.4 is 0 Å². The van der Waals surface area contributed by atoms with E-state index in [1.807, 2.05) is 39.0 Å². The second kappa shape index (κ2) is 9.10. The molecule has 17 heavy (non-hydrogen) atoms. The quantitative estimate of drug-likeness (QED) is 0.373. The number of ether oxygens (including phenoxy) is 1. The predicted octanol–water partition coefficient (Wildman–Crippen LogP) is 2.58. The zero-order chi connectivity index (χ0) is 13.3. The summed E-state index contributed by atoms with van der Waals surface area (Å²) < 4.78 is 5.45. The summed E-state index contributed by atoms with van der Waals surface area (Å²) in [6, 6.07) is 0.387.